The van der Waals surface area contributed by atoms with Gasteiger partial charge in [0.05, 0.1) is 4.47 Å². The highest BCUT2D eigenvalue weighted by Crippen LogP contribution is 2.33. The molecule has 0 radical (unpaired) electrons. The number of fused-ring (bicyclic) bond motifs is 1. The predicted molar refractivity (Wildman–Crippen MR) is 75.1 cm³/mol. The van der Waals surface area contributed by atoms with Gasteiger partial charge in [-0.15, -0.1) is 0 Å². The normalized spacial score (nSPS) is 14.9. The molecular formula is C12H16BrN3O4. The first-order chi connectivity index (χ1) is 9.20. The van der Waals surface area contributed by atoms with Crippen molar-refractivity contribution in [2.24, 2.45) is 0 Å². The van der Waals surface area contributed by atoms with Crippen LogP contribution in [0.3, 0.4) is 0 Å². The van der Waals surface area contributed by atoms with Gasteiger partial charge in [0.2, 0.25) is 0 Å². The Bertz CT molecular complexity index is 562. The zero-order valence-corrected chi connectivity index (χ0v) is 13.1. The molecule has 1 aliphatic heterocycles. The van der Waals surface area contributed by atoms with Crippen LogP contribution in [0.25, 0.3) is 0 Å². The van der Waals surface area contributed by atoms with E-state index in [0.717, 1.165) is 0 Å². The summed E-state index contributed by atoms with van der Waals surface area (Å²) in [4.78, 5) is 24.7. The molecule has 0 bridgehead atoms. The second kappa shape index (κ2) is 5.08. The number of anilines is 1. The van der Waals surface area contributed by atoms with Gasteiger partial charge in [-0.2, -0.15) is 5.10 Å². The van der Waals surface area contributed by atoms with Crippen LogP contribution in [-0.4, -0.2) is 39.1 Å². The Morgan fingerprint density at radius 1 is 1.35 bits per heavy atom. The van der Waals surface area contributed by atoms with Gasteiger partial charge in [0.1, 0.15) is 5.60 Å². The molecule has 0 saturated carbocycles. The number of amides is 1. The molecule has 1 N–H and O–H groups in total. The number of rotatable bonds is 1. The van der Waals surface area contributed by atoms with Gasteiger partial charge in [0.15, 0.2) is 11.5 Å². The number of carboxylic acids is 1. The van der Waals surface area contributed by atoms with E-state index in [1.54, 1.807) is 20.8 Å². The van der Waals surface area contributed by atoms with Crippen LogP contribution >= 0.6 is 15.9 Å². The second-order valence-electron chi connectivity index (χ2n) is 5.50. The summed E-state index contributed by atoms with van der Waals surface area (Å²) in [6.07, 6.45) is 0.190. The third-order valence-electron chi connectivity index (χ3n) is 2.69. The van der Waals surface area contributed by atoms with Gasteiger partial charge in [0.25, 0.3) is 0 Å². The van der Waals surface area contributed by atoms with Crippen molar-refractivity contribution in [3.8, 4) is 0 Å². The van der Waals surface area contributed by atoms with Crippen LogP contribution in [0.4, 0.5) is 10.6 Å². The molecule has 110 valence electrons. The summed E-state index contributed by atoms with van der Waals surface area (Å²) in [5.74, 6) is -0.703. The first-order valence-electron chi connectivity index (χ1n) is 6.21. The maximum atomic E-state index is 12.2. The number of aryl methyl sites for hydroxylation is 1. The summed E-state index contributed by atoms with van der Waals surface area (Å²) in [6.45, 7) is 6.39. The highest BCUT2D eigenvalue weighted by Gasteiger charge is 2.33. The number of halogens is 1. The van der Waals surface area contributed by atoms with Gasteiger partial charge in [-0.05, 0) is 43.1 Å². The van der Waals surface area contributed by atoms with Crippen molar-refractivity contribution in [2.45, 2.75) is 39.3 Å². The molecule has 1 aromatic heterocycles. The van der Waals surface area contributed by atoms with Crippen LogP contribution in [0.5, 0.6) is 0 Å². The van der Waals surface area contributed by atoms with Gasteiger partial charge in [-0.3, -0.25) is 4.90 Å². The lowest BCUT2D eigenvalue weighted by molar-refractivity contribution is 0.0571. The summed E-state index contributed by atoms with van der Waals surface area (Å²) < 4.78 is 7.15. The molecule has 0 atom stereocenters. The number of aromatic carboxylic acids is 1. The SMILES string of the molecule is CC(C)(C)OC(=O)N1CCCn2nc(C(=O)O)c(Br)c21. The number of carbonyl (C=O) groups is 2. The highest BCUT2D eigenvalue weighted by molar-refractivity contribution is 9.10. The number of hydrogen-bond acceptors (Lipinski definition) is 4. The minimum atomic E-state index is -1.14. The quantitative estimate of drug-likeness (QED) is 0.845. The van der Waals surface area contributed by atoms with Gasteiger partial charge < -0.3 is 9.84 Å². The van der Waals surface area contributed by atoms with Crippen molar-refractivity contribution in [2.75, 3.05) is 11.4 Å². The average molecular weight is 346 g/mol. The van der Waals surface area contributed by atoms with Crippen molar-refractivity contribution < 1.29 is 19.4 Å². The highest BCUT2D eigenvalue weighted by atomic mass is 79.9. The fraction of sp³-hybridized carbons (Fsp3) is 0.583. The van der Waals surface area contributed by atoms with Gasteiger partial charge in [-0.1, -0.05) is 0 Å². The first-order valence-corrected chi connectivity index (χ1v) is 7.00. The Kier molecular flexibility index (Phi) is 3.77. The molecule has 2 rings (SSSR count). The van der Waals surface area contributed by atoms with E-state index >= 15 is 0 Å². The van der Waals surface area contributed by atoms with Crippen molar-refractivity contribution in [3.63, 3.8) is 0 Å². The molecule has 0 spiro atoms. The molecule has 1 aliphatic rings. The third kappa shape index (κ3) is 2.79. The number of hydrogen-bond donors (Lipinski definition) is 1. The topological polar surface area (TPSA) is 84.7 Å². The first kappa shape index (κ1) is 14.8. The molecule has 1 aromatic rings. The van der Waals surface area contributed by atoms with Crippen molar-refractivity contribution in [1.82, 2.24) is 9.78 Å². The lowest BCUT2D eigenvalue weighted by Crippen LogP contribution is -2.41. The van der Waals surface area contributed by atoms with E-state index in [-0.39, 0.29) is 5.69 Å². The monoisotopic (exact) mass is 345 g/mol. The molecule has 1 amide bonds. The molecule has 0 unspecified atom stereocenters. The van der Waals surface area contributed by atoms with E-state index < -0.39 is 17.7 Å². The van der Waals surface area contributed by atoms with E-state index in [1.807, 2.05) is 0 Å². The van der Waals surface area contributed by atoms with E-state index in [1.165, 1.54) is 9.58 Å². The fourth-order valence-electron chi connectivity index (χ4n) is 1.96. The number of ether oxygens (including phenoxy) is 1. The molecule has 2 heterocycles. The Morgan fingerprint density at radius 2 is 2.00 bits per heavy atom. The maximum absolute atomic E-state index is 12.2. The molecular weight excluding hydrogens is 330 g/mol. The standard InChI is InChI=1S/C12H16BrN3O4/c1-12(2,3)20-11(19)15-5-4-6-16-9(15)7(13)8(14-16)10(17)18/h4-6H2,1-3H3,(H,17,18). The molecule has 0 aliphatic carbocycles. The molecule has 0 fully saturated rings. The smallest absolute Gasteiger partial charge is 0.416 e. The minimum Gasteiger partial charge on any atom is -0.476 e. The Labute approximate surface area is 124 Å². The number of aromatic nitrogens is 2. The predicted octanol–water partition coefficient (Wildman–Crippen LogP) is 2.49. The molecule has 0 saturated heterocycles. The Hall–Kier alpha value is -1.57. The van der Waals surface area contributed by atoms with Crippen LogP contribution in [0.1, 0.15) is 37.7 Å². The maximum Gasteiger partial charge on any atom is 0.416 e. The molecule has 0 aromatic carbocycles. The Morgan fingerprint density at radius 3 is 2.55 bits per heavy atom. The minimum absolute atomic E-state index is 0.101. The second-order valence-corrected chi connectivity index (χ2v) is 6.29. The fourth-order valence-corrected chi connectivity index (χ4v) is 2.63. The van der Waals surface area contributed by atoms with Gasteiger partial charge >= 0.3 is 12.1 Å². The van der Waals surface area contributed by atoms with E-state index in [9.17, 15) is 9.59 Å². The van der Waals surface area contributed by atoms with Crippen molar-refractivity contribution in [3.05, 3.63) is 10.2 Å². The number of carbonyl (C=O) groups excluding carboxylic acids is 1. The lowest BCUT2D eigenvalue weighted by atomic mass is 10.2. The summed E-state index contributed by atoms with van der Waals surface area (Å²) in [7, 11) is 0. The zero-order valence-electron chi connectivity index (χ0n) is 11.5. The largest absolute Gasteiger partial charge is 0.476 e. The average Bonchev–Trinajstić information content (AvgIpc) is 2.65. The number of carboxylic acid groups (broad SMARTS) is 1. The van der Waals surface area contributed by atoms with Crippen molar-refractivity contribution >= 4 is 33.8 Å². The van der Waals surface area contributed by atoms with Crippen LogP contribution in [0.15, 0.2) is 4.47 Å². The molecule has 20 heavy (non-hydrogen) atoms. The van der Waals surface area contributed by atoms with Crippen LogP contribution < -0.4 is 4.90 Å². The van der Waals surface area contributed by atoms with E-state index in [2.05, 4.69) is 21.0 Å². The van der Waals surface area contributed by atoms with E-state index in [0.29, 0.717) is 29.8 Å². The molecule has 7 nitrogen and oxygen atoms in total. The zero-order chi connectivity index (χ0) is 15.1. The summed E-state index contributed by atoms with van der Waals surface area (Å²) >= 11 is 3.21. The summed E-state index contributed by atoms with van der Waals surface area (Å²) in [5, 5.41) is 13.1. The number of nitrogens with zero attached hydrogens (tertiary/aromatic N) is 3. The molecule has 8 heteroatoms. The third-order valence-corrected chi connectivity index (χ3v) is 3.42. The van der Waals surface area contributed by atoms with Crippen LogP contribution in [0.2, 0.25) is 0 Å². The van der Waals surface area contributed by atoms with Crippen molar-refractivity contribution in [1.29, 1.82) is 0 Å². The van der Waals surface area contributed by atoms with E-state index in [4.69, 9.17) is 9.84 Å². The van der Waals surface area contributed by atoms with Gasteiger partial charge in [0, 0.05) is 13.1 Å². The summed E-state index contributed by atoms with van der Waals surface area (Å²) in [6, 6.07) is 0. The van der Waals surface area contributed by atoms with Crippen LogP contribution in [-0.2, 0) is 11.3 Å². The lowest BCUT2D eigenvalue weighted by Gasteiger charge is -2.30. The Balaban J connectivity index is 2.37. The van der Waals surface area contributed by atoms with Gasteiger partial charge in [-0.25, -0.2) is 14.3 Å². The van der Waals surface area contributed by atoms with Crippen LogP contribution in [0, 0.1) is 0 Å². The summed E-state index contributed by atoms with van der Waals surface area (Å²) in [5.41, 5.74) is -0.711.